The molecule has 0 unspecified atom stereocenters. The van der Waals surface area contributed by atoms with Gasteiger partial charge in [0.15, 0.2) is 0 Å². The van der Waals surface area contributed by atoms with E-state index < -0.39 is 5.60 Å². The van der Waals surface area contributed by atoms with E-state index >= 15 is 0 Å². The monoisotopic (exact) mass is 466 g/mol. The van der Waals surface area contributed by atoms with E-state index in [1.165, 1.54) is 11.3 Å². The van der Waals surface area contributed by atoms with Crippen LogP contribution in [0.5, 0.6) is 0 Å². The summed E-state index contributed by atoms with van der Waals surface area (Å²) in [5.41, 5.74) is -0.168. The summed E-state index contributed by atoms with van der Waals surface area (Å²) in [6, 6.07) is 5.75. The molecule has 1 saturated carbocycles. The van der Waals surface area contributed by atoms with E-state index in [0.29, 0.717) is 11.6 Å². The number of hydrogen-bond acceptors (Lipinski definition) is 6. The maximum Gasteiger partial charge on any atom is 0.308 e. The average molecular weight is 467 g/mol. The summed E-state index contributed by atoms with van der Waals surface area (Å²) in [5.74, 6) is -0.0351. The molecule has 2 heterocycles. The van der Waals surface area contributed by atoms with Crippen LogP contribution in [0, 0.1) is 11.8 Å². The molecule has 0 aromatic carbocycles. The van der Waals surface area contributed by atoms with Crippen molar-refractivity contribution >= 4 is 33.2 Å². The van der Waals surface area contributed by atoms with Gasteiger partial charge in [-0.05, 0) is 73.0 Å². The zero-order valence-corrected chi connectivity index (χ0v) is 18.8. The molecular formula is C21H27BrN2O3S. The summed E-state index contributed by atoms with van der Waals surface area (Å²) in [6.45, 7) is 4.44. The molecule has 7 heteroatoms. The Labute approximate surface area is 178 Å². The number of carbonyl (C=O) groups excluding carboxylic acids is 1. The Morgan fingerprint density at radius 1 is 1.36 bits per heavy atom. The minimum absolute atomic E-state index is 0.0402. The van der Waals surface area contributed by atoms with Crippen molar-refractivity contribution in [2.45, 2.75) is 58.0 Å². The van der Waals surface area contributed by atoms with Crippen LogP contribution in [0.4, 0.5) is 0 Å². The number of aliphatic hydroxyl groups is 1. The van der Waals surface area contributed by atoms with Crippen molar-refractivity contribution in [3.8, 4) is 10.6 Å². The SMILES string of the molecule is CCCCOC(=O)C1CCC([C@@](C)(O)c2ncc(-c3cccc(Br)n3)s2)CC1. The first-order chi connectivity index (χ1) is 13.4. The molecule has 1 N–H and O–H groups in total. The highest BCUT2D eigenvalue weighted by molar-refractivity contribution is 9.10. The lowest BCUT2D eigenvalue weighted by atomic mass is 9.74. The van der Waals surface area contributed by atoms with E-state index in [2.05, 4.69) is 32.8 Å². The van der Waals surface area contributed by atoms with Gasteiger partial charge in [0.2, 0.25) is 0 Å². The molecule has 1 atom stereocenters. The quantitative estimate of drug-likeness (QED) is 0.339. The van der Waals surface area contributed by atoms with Gasteiger partial charge < -0.3 is 9.84 Å². The van der Waals surface area contributed by atoms with E-state index in [9.17, 15) is 9.90 Å². The number of unbranched alkanes of at least 4 members (excludes halogenated alkanes) is 1. The van der Waals surface area contributed by atoms with Crippen molar-refractivity contribution in [2.24, 2.45) is 11.8 Å². The molecule has 3 rings (SSSR count). The minimum atomic E-state index is -1.01. The summed E-state index contributed by atoms with van der Waals surface area (Å²) in [6.07, 6.45) is 6.83. The number of ether oxygens (including phenoxy) is 1. The topological polar surface area (TPSA) is 72.3 Å². The van der Waals surface area contributed by atoms with Crippen LogP contribution in [-0.2, 0) is 15.1 Å². The minimum Gasteiger partial charge on any atom is -0.465 e. The first-order valence-corrected chi connectivity index (χ1v) is 11.5. The van der Waals surface area contributed by atoms with Crippen molar-refractivity contribution in [3.05, 3.63) is 34.0 Å². The molecule has 28 heavy (non-hydrogen) atoms. The van der Waals surface area contributed by atoms with Crippen LogP contribution in [0.2, 0.25) is 0 Å². The summed E-state index contributed by atoms with van der Waals surface area (Å²) in [5, 5.41) is 11.9. The third-order valence-electron chi connectivity index (χ3n) is 5.50. The fraction of sp³-hybridized carbons (Fsp3) is 0.571. The Hall–Kier alpha value is -1.31. The normalized spacial score (nSPS) is 21.9. The van der Waals surface area contributed by atoms with E-state index in [4.69, 9.17) is 4.74 Å². The fourth-order valence-electron chi connectivity index (χ4n) is 3.67. The van der Waals surface area contributed by atoms with Crippen LogP contribution in [0.3, 0.4) is 0 Å². The number of pyridine rings is 1. The third kappa shape index (κ3) is 4.99. The van der Waals surface area contributed by atoms with Gasteiger partial charge in [0.05, 0.1) is 23.1 Å². The molecule has 2 aromatic heterocycles. The van der Waals surface area contributed by atoms with Crippen molar-refractivity contribution in [2.75, 3.05) is 6.61 Å². The van der Waals surface area contributed by atoms with Gasteiger partial charge in [-0.15, -0.1) is 11.3 Å². The third-order valence-corrected chi connectivity index (χ3v) is 7.19. The van der Waals surface area contributed by atoms with E-state index in [-0.39, 0.29) is 17.8 Å². The molecule has 5 nitrogen and oxygen atoms in total. The molecule has 0 amide bonds. The Balaban J connectivity index is 1.62. The van der Waals surface area contributed by atoms with Crippen LogP contribution in [0.1, 0.15) is 57.4 Å². The predicted molar refractivity (Wildman–Crippen MR) is 114 cm³/mol. The summed E-state index contributed by atoms with van der Waals surface area (Å²) in [7, 11) is 0. The summed E-state index contributed by atoms with van der Waals surface area (Å²) in [4.78, 5) is 22.1. The van der Waals surface area contributed by atoms with Crippen molar-refractivity contribution in [3.63, 3.8) is 0 Å². The molecule has 152 valence electrons. The lowest BCUT2D eigenvalue weighted by Gasteiger charge is -2.36. The number of thiazole rings is 1. The maximum absolute atomic E-state index is 12.2. The van der Waals surface area contributed by atoms with Gasteiger partial charge in [-0.2, -0.15) is 0 Å². The molecule has 0 saturated heterocycles. The fourth-order valence-corrected chi connectivity index (χ4v) is 5.03. The zero-order valence-electron chi connectivity index (χ0n) is 16.4. The Bertz CT molecular complexity index is 800. The number of hydrogen-bond donors (Lipinski definition) is 1. The number of esters is 1. The second-order valence-corrected chi connectivity index (χ2v) is 9.44. The van der Waals surface area contributed by atoms with E-state index in [1.54, 1.807) is 6.20 Å². The van der Waals surface area contributed by atoms with Crippen LogP contribution in [0.25, 0.3) is 10.6 Å². The Kier molecular flexibility index (Phi) is 7.23. The lowest BCUT2D eigenvalue weighted by Crippen LogP contribution is -2.36. The highest BCUT2D eigenvalue weighted by Gasteiger charge is 2.40. The Morgan fingerprint density at radius 2 is 2.11 bits per heavy atom. The van der Waals surface area contributed by atoms with Gasteiger partial charge in [-0.1, -0.05) is 19.4 Å². The number of aromatic nitrogens is 2. The van der Waals surface area contributed by atoms with Gasteiger partial charge in [0.1, 0.15) is 15.2 Å². The molecule has 1 fully saturated rings. The van der Waals surface area contributed by atoms with Gasteiger partial charge in [-0.3, -0.25) is 4.79 Å². The van der Waals surface area contributed by atoms with Crippen molar-refractivity contribution in [1.82, 2.24) is 9.97 Å². The first-order valence-electron chi connectivity index (χ1n) is 9.90. The van der Waals surface area contributed by atoms with Crippen molar-refractivity contribution < 1.29 is 14.6 Å². The van der Waals surface area contributed by atoms with Gasteiger partial charge in [0, 0.05) is 6.20 Å². The van der Waals surface area contributed by atoms with Gasteiger partial charge in [0.25, 0.3) is 0 Å². The molecule has 0 aliphatic heterocycles. The first kappa shape index (κ1) is 21.4. The molecular weight excluding hydrogens is 440 g/mol. The molecule has 1 aliphatic carbocycles. The van der Waals surface area contributed by atoms with Crippen LogP contribution in [-0.4, -0.2) is 27.7 Å². The summed E-state index contributed by atoms with van der Waals surface area (Å²) >= 11 is 4.87. The number of rotatable bonds is 7. The molecule has 1 aliphatic rings. The lowest BCUT2D eigenvalue weighted by molar-refractivity contribution is -0.151. The highest BCUT2D eigenvalue weighted by Crippen LogP contribution is 2.43. The Morgan fingerprint density at radius 3 is 2.79 bits per heavy atom. The number of carbonyl (C=O) groups is 1. The smallest absolute Gasteiger partial charge is 0.308 e. The van der Waals surface area contributed by atoms with Crippen LogP contribution < -0.4 is 0 Å². The maximum atomic E-state index is 12.2. The average Bonchev–Trinajstić information content (AvgIpc) is 3.19. The molecule has 0 radical (unpaired) electrons. The van der Waals surface area contributed by atoms with Crippen LogP contribution in [0.15, 0.2) is 29.0 Å². The largest absolute Gasteiger partial charge is 0.465 e. The second-order valence-electron chi connectivity index (χ2n) is 7.59. The zero-order chi connectivity index (χ0) is 20.1. The van der Waals surface area contributed by atoms with Crippen LogP contribution >= 0.6 is 27.3 Å². The number of halogens is 1. The number of nitrogens with zero attached hydrogens (tertiary/aromatic N) is 2. The van der Waals surface area contributed by atoms with E-state index in [1.807, 2.05) is 25.1 Å². The predicted octanol–water partition coefficient (Wildman–Crippen LogP) is 5.32. The highest BCUT2D eigenvalue weighted by atomic mass is 79.9. The van der Waals surface area contributed by atoms with E-state index in [0.717, 1.165) is 53.7 Å². The molecule has 0 spiro atoms. The van der Waals surface area contributed by atoms with Gasteiger partial charge >= 0.3 is 5.97 Å². The standard InChI is InChI=1S/C21H27BrN2O3S/c1-3-4-12-27-19(25)14-8-10-15(11-9-14)21(2,26)20-23-13-17(28-20)16-6-5-7-18(22)24-16/h5-7,13-15,26H,3-4,8-12H2,1-2H3/t14?,15?,21-/m1/s1. The summed E-state index contributed by atoms with van der Waals surface area (Å²) < 4.78 is 6.14. The van der Waals surface area contributed by atoms with Gasteiger partial charge in [-0.25, -0.2) is 9.97 Å². The second kappa shape index (κ2) is 9.46. The molecule has 0 bridgehead atoms. The van der Waals surface area contributed by atoms with Crippen molar-refractivity contribution in [1.29, 1.82) is 0 Å². The molecule has 2 aromatic rings.